The Morgan fingerprint density at radius 3 is 2.44 bits per heavy atom. The molecule has 234 valence electrons. The second-order valence-corrected chi connectivity index (χ2v) is 13.6. The maximum absolute atomic E-state index is 14.6. The largest absolute Gasteiger partial charge is 0.384 e. The van der Waals surface area contributed by atoms with Gasteiger partial charge in [0.25, 0.3) is 17.4 Å². The summed E-state index contributed by atoms with van der Waals surface area (Å²) in [6.07, 6.45) is 3.43. The van der Waals surface area contributed by atoms with Crippen LogP contribution in [0.3, 0.4) is 0 Å². The Balaban J connectivity index is 1.43. The van der Waals surface area contributed by atoms with Crippen LogP contribution in [0.1, 0.15) is 86.6 Å². The minimum Gasteiger partial charge on any atom is -0.384 e. The number of rotatable bonds is 9. The van der Waals surface area contributed by atoms with Crippen LogP contribution >= 0.6 is 9.24 Å². The van der Waals surface area contributed by atoms with E-state index in [1.807, 2.05) is 19.9 Å². The van der Waals surface area contributed by atoms with E-state index in [9.17, 15) is 23.2 Å². The standard InChI is InChI=1S/C32H44F2N5O3P/c1-20(33)23-6-5-7-24(28(23)43)21(2)36-29(41)25-18-39(31(3)12-15-38(19-31)30(42)32(34)10-11-32)27(40)16-26(25)35-17-22-8-13-37(4)14-9-22/h5-7,16,18,20-22,35H,8-15,17,19,43H2,1-4H3,(H,36,41)/t20?,21-,31?/m1/s1. The zero-order valence-corrected chi connectivity index (χ0v) is 26.7. The van der Waals surface area contributed by atoms with Gasteiger partial charge in [0.2, 0.25) is 0 Å². The summed E-state index contributed by atoms with van der Waals surface area (Å²) in [5, 5.41) is 7.16. The number of anilines is 1. The molecule has 1 aromatic carbocycles. The van der Waals surface area contributed by atoms with Crippen molar-refractivity contribution in [2.24, 2.45) is 5.92 Å². The Hall–Kier alpha value is -2.84. The molecule has 2 aromatic rings. The lowest BCUT2D eigenvalue weighted by Crippen LogP contribution is -2.44. The van der Waals surface area contributed by atoms with Gasteiger partial charge in [-0.25, -0.2) is 8.78 Å². The van der Waals surface area contributed by atoms with Crippen molar-refractivity contribution < 1.29 is 18.4 Å². The summed E-state index contributed by atoms with van der Waals surface area (Å²) >= 11 is 0. The number of piperidine rings is 1. The van der Waals surface area contributed by atoms with E-state index in [-0.39, 0.29) is 30.9 Å². The number of likely N-dealkylation sites (tertiary alicyclic amines) is 2. The summed E-state index contributed by atoms with van der Waals surface area (Å²) in [7, 11) is 4.70. The van der Waals surface area contributed by atoms with Gasteiger partial charge < -0.3 is 25.0 Å². The van der Waals surface area contributed by atoms with Crippen LogP contribution in [0.4, 0.5) is 14.5 Å². The van der Waals surface area contributed by atoms with Crippen molar-refractivity contribution in [2.45, 2.75) is 76.3 Å². The summed E-state index contributed by atoms with van der Waals surface area (Å²) in [6, 6.07) is 6.41. The molecule has 43 heavy (non-hydrogen) atoms. The molecular formula is C32H44F2N5O3P. The molecule has 1 aromatic heterocycles. The van der Waals surface area contributed by atoms with E-state index in [2.05, 4.69) is 31.8 Å². The first-order chi connectivity index (χ1) is 20.3. The molecule has 2 amide bonds. The summed E-state index contributed by atoms with van der Waals surface area (Å²) in [6.45, 7) is 8.39. The third-order valence-electron chi connectivity index (χ3n) is 9.53. The van der Waals surface area contributed by atoms with Crippen molar-refractivity contribution >= 4 is 32.0 Å². The van der Waals surface area contributed by atoms with Gasteiger partial charge in [0.05, 0.1) is 22.8 Å². The highest BCUT2D eigenvalue weighted by Crippen LogP contribution is 2.43. The minimum atomic E-state index is -1.77. The highest BCUT2D eigenvalue weighted by atomic mass is 31.0. The van der Waals surface area contributed by atoms with Crippen LogP contribution in [-0.2, 0) is 10.3 Å². The van der Waals surface area contributed by atoms with Crippen LogP contribution < -0.4 is 21.5 Å². The molecule has 3 heterocycles. The summed E-state index contributed by atoms with van der Waals surface area (Å²) < 4.78 is 30.3. The number of alkyl halides is 2. The van der Waals surface area contributed by atoms with E-state index in [0.717, 1.165) is 31.5 Å². The van der Waals surface area contributed by atoms with Gasteiger partial charge in [0, 0.05) is 31.9 Å². The summed E-state index contributed by atoms with van der Waals surface area (Å²) in [5.41, 5.74) is -0.743. The maximum Gasteiger partial charge on any atom is 0.260 e. The molecule has 5 rings (SSSR count). The lowest BCUT2D eigenvalue weighted by molar-refractivity contribution is -0.137. The Labute approximate surface area is 254 Å². The second kappa shape index (κ2) is 12.3. The zero-order chi connectivity index (χ0) is 31.1. The molecule has 0 bridgehead atoms. The van der Waals surface area contributed by atoms with Gasteiger partial charge in [0.15, 0.2) is 5.67 Å². The molecule has 2 saturated heterocycles. The van der Waals surface area contributed by atoms with Crippen LogP contribution in [-0.4, -0.2) is 71.6 Å². The monoisotopic (exact) mass is 615 g/mol. The second-order valence-electron chi connectivity index (χ2n) is 13.0. The van der Waals surface area contributed by atoms with Crippen LogP contribution in [0.15, 0.2) is 35.3 Å². The molecule has 2 N–H and O–H groups in total. The molecule has 4 atom stereocenters. The average Bonchev–Trinajstić information content (AvgIpc) is 3.60. The number of nitrogens with zero attached hydrogens (tertiary/aromatic N) is 3. The Morgan fingerprint density at radius 1 is 1.12 bits per heavy atom. The molecule has 0 radical (unpaired) electrons. The van der Waals surface area contributed by atoms with Gasteiger partial charge in [-0.1, -0.05) is 18.2 Å². The lowest BCUT2D eigenvalue weighted by atomic mass is 9.97. The fourth-order valence-corrected chi connectivity index (χ4v) is 7.08. The van der Waals surface area contributed by atoms with Crippen molar-refractivity contribution in [1.29, 1.82) is 0 Å². The Morgan fingerprint density at radius 2 is 1.79 bits per heavy atom. The Kier molecular flexibility index (Phi) is 9.01. The molecule has 1 saturated carbocycles. The first kappa shape index (κ1) is 31.6. The normalized spacial score (nSPS) is 23.6. The van der Waals surface area contributed by atoms with E-state index in [1.165, 1.54) is 22.5 Å². The van der Waals surface area contributed by atoms with Crippen LogP contribution in [0.2, 0.25) is 0 Å². The smallest absolute Gasteiger partial charge is 0.260 e. The first-order valence-electron chi connectivity index (χ1n) is 15.3. The van der Waals surface area contributed by atoms with Gasteiger partial charge in [-0.3, -0.25) is 14.4 Å². The number of halogens is 2. The number of aromatic nitrogens is 1. The van der Waals surface area contributed by atoms with Crippen molar-refractivity contribution in [3.8, 4) is 0 Å². The number of carbonyl (C=O) groups is 2. The molecule has 1 aliphatic carbocycles. The quantitative estimate of drug-likeness (QED) is 0.416. The van der Waals surface area contributed by atoms with E-state index >= 15 is 0 Å². The van der Waals surface area contributed by atoms with Gasteiger partial charge in [-0.2, -0.15) is 0 Å². The van der Waals surface area contributed by atoms with E-state index in [0.29, 0.717) is 47.5 Å². The zero-order valence-electron chi connectivity index (χ0n) is 25.6. The fourth-order valence-electron chi connectivity index (χ4n) is 6.40. The molecule has 2 aliphatic heterocycles. The number of nitrogens with one attached hydrogen (secondary N) is 2. The number of benzene rings is 1. The number of carbonyl (C=O) groups excluding carboxylic acids is 2. The van der Waals surface area contributed by atoms with Gasteiger partial charge in [-0.05, 0) is 95.4 Å². The van der Waals surface area contributed by atoms with Crippen LogP contribution in [0, 0.1) is 5.92 Å². The molecular weight excluding hydrogens is 571 g/mol. The van der Waals surface area contributed by atoms with Gasteiger partial charge in [-0.15, -0.1) is 9.24 Å². The third-order valence-corrected chi connectivity index (χ3v) is 10.2. The maximum atomic E-state index is 14.6. The predicted octanol–water partition coefficient (Wildman–Crippen LogP) is 4.07. The molecule has 3 unspecified atom stereocenters. The molecule has 0 spiro atoms. The number of pyridine rings is 1. The van der Waals surface area contributed by atoms with Crippen molar-refractivity contribution in [3.63, 3.8) is 0 Å². The van der Waals surface area contributed by atoms with Crippen LogP contribution in [0.25, 0.3) is 0 Å². The first-order valence-corrected chi connectivity index (χ1v) is 15.9. The molecule has 3 aliphatic rings. The number of amides is 2. The molecule has 8 nitrogen and oxygen atoms in total. The molecule has 11 heteroatoms. The predicted molar refractivity (Wildman–Crippen MR) is 169 cm³/mol. The Bertz CT molecular complexity index is 1440. The SMILES string of the molecule is CC(F)c1cccc([C@@H](C)NC(=O)c2cn(C3(C)CCN(C(=O)C4(F)CC4)C3)c(=O)cc2NCC2CCN(C)CC2)c1P. The number of hydrogen-bond acceptors (Lipinski definition) is 5. The van der Waals surface area contributed by atoms with Gasteiger partial charge in [0.1, 0.15) is 6.17 Å². The fraction of sp³-hybridized carbons (Fsp3) is 0.594. The number of hydrogen-bond donors (Lipinski definition) is 2. The lowest BCUT2D eigenvalue weighted by Gasteiger charge is -2.31. The third kappa shape index (κ3) is 6.65. The van der Waals surface area contributed by atoms with Gasteiger partial charge >= 0.3 is 0 Å². The topological polar surface area (TPSA) is 86.7 Å². The van der Waals surface area contributed by atoms with Crippen molar-refractivity contribution in [3.05, 3.63) is 57.5 Å². The summed E-state index contributed by atoms with van der Waals surface area (Å²) in [4.78, 5) is 44.0. The average molecular weight is 616 g/mol. The van der Waals surface area contributed by atoms with Crippen molar-refractivity contribution in [1.82, 2.24) is 19.7 Å². The molecule has 3 fully saturated rings. The summed E-state index contributed by atoms with van der Waals surface area (Å²) in [5.74, 6) is -0.461. The highest BCUT2D eigenvalue weighted by molar-refractivity contribution is 7.27. The van der Waals surface area contributed by atoms with E-state index in [1.54, 1.807) is 18.3 Å². The highest BCUT2D eigenvalue weighted by Gasteiger charge is 2.54. The minimum absolute atomic E-state index is 0.196. The van der Waals surface area contributed by atoms with Crippen LogP contribution in [0.5, 0.6) is 0 Å². The van der Waals surface area contributed by atoms with Crippen molar-refractivity contribution in [2.75, 3.05) is 45.1 Å². The van der Waals surface area contributed by atoms with E-state index < -0.39 is 29.3 Å². The van der Waals surface area contributed by atoms with E-state index in [4.69, 9.17) is 0 Å².